The molecular weight excluding hydrogens is 322 g/mol. The first kappa shape index (κ1) is 17.2. The Bertz CT molecular complexity index is 883. The quantitative estimate of drug-likeness (QED) is 0.624. The SMILES string of the molecule is COc1cccc2c1CCC[C@@H]2CN(C)CCc1ccc2ccoc2c1. The summed E-state index contributed by atoms with van der Waals surface area (Å²) < 4.78 is 11.1. The lowest BCUT2D eigenvalue weighted by molar-refractivity contribution is 0.299. The van der Waals surface area contributed by atoms with Gasteiger partial charge in [0.15, 0.2) is 0 Å². The molecular formula is C23H27NO2. The zero-order valence-electron chi connectivity index (χ0n) is 15.7. The minimum Gasteiger partial charge on any atom is -0.496 e. The van der Waals surface area contributed by atoms with E-state index in [1.807, 2.05) is 6.07 Å². The average molecular weight is 349 g/mol. The van der Waals surface area contributed by atoms with Crippen molar-refractivity contribution in [3.05, 3.63) is 65.4 Å². The second-order valence-electron chi connectivity index (χ2n) is 7.42. The van der Waals surface area contributed by atoms with E-state index in [0.717, 1.165) is 37.3 Å². The molecule has 2 aromatic carbocycles. The molecule has 4 rings (SSSR count). The molecule has 0 unspecified atom stereocenters. The van der Waals surface area contributed by atoms with Crippen molar-refractivity contribution in [3.63, 3.8) is 0 Å². The van der Waals surface area contributed by atoms with Crippen LogP contribution in [0.15, 0.2) is 53.1 Å². The number of fused-ring (bicyclic) bond motifs is 2. The fourth-order valence-electron chi connectivity index (χ4n) is 4.24. The first-order valence-corrected chi connectivity index (χ1v) is 9.55. The minimum atomic E-state index is 0.603. The summed E-state index contributed by atoms with van der Waals surface area (Å²) in [5, 5.41) is 1.18. The van der Waals surface area contributed by atoms with Gasteiger partial charge in [-0.1, -0.05) is 24.3 Å². The van der Waals surface area contributed by atoms with Crippen LogP contribution in [-0.4, -0.2) is 32.1 Å². The first-order valence-electron chi connectivity index (χ1n) is 9.55. The Morgan fingerprint density at radius 3 is 3.00 bits per heavy atom. The van der Waals surface area contributed by atoms with Crippen LogP contribution in [-0.2, 0) is 12.8 Å². The smallest absolute Gasteiger partial charge is 0.134 e. The second kappa shape index (κ2) is 7.55. The van der Waals surface area contributed by atoms with Gasteiger partial charge in [-0.2, -0.15) is 0 Å². The van der Waals surface area contributed by atoms with E-state index in [0.29, 0.717) is 5.92 Å². The standard InChI is InChI=1S/C23H27NO2/c1-24(13-11-17-9-10-18-12-14-26-23(18)15-17)16-19-5-3-7-21-20(19)6-4-8-22(21)25-2/h4,6,8-10,12,14-15,19H,3,5,7,11,13,16H2,1-2H3/t19-/m1/s1. The van der Waals surface area contributed by atoms with Crippen LogP contribution in [0.2, 0.25) is 0 Å². The predicted octanol–water partition coefficient (Wildman–Crippen LogP) is 5.04. The van der Waals surface area contributed by atoms with Crippen LogP contribution in [0.25, 0.3) is 11.0 Å². The summed E-state index contributed by atoms with van der Waals surface area (Å²) in [6.07, 6.45) is 6.47. The van der Waals surface area contributed by atoms with Crippen LogP contribution in [0.1, 0.15) is 35.4 Å². The van der Waals surface area contributed by atoms with Gasteiger partial charge >= 0.3 is 0 Å². The third kappa shape index (κ3) is 3.49. The lowest BCUT2D eigenvalue weighted by Crippen LogP contribution is -2.28. The third-order valence-electron chi connectivity index (χ3n) is 5.64. The Kier molecular flexibility index (Phi) is 4.98. The van der Waals surface area contributed by atoms with E-state index < -0.39 is 0 Å². The van der Waals surface area contributed by atoms with Gasteiger partial charge in [-0.05, 0) is 73.5 Å². The second-order valence-corrected chi connectivity index (χ2v) is 7.42. The highest BCUT2D eigenvalue weighted by atomic mass is 16.5. The number of rotatable bonds is 6. The van der Waals surface area contributed by atoms with Crippen LogP contribution < -0.4 is 4.74 Å². The molecule has 0 saturated carbocycles. The van der Waals surface area contributed by atoms with E-state index in [4.69, 9.17) is 9.15 Å². The maximum Gasteiger partial charge on any atom is 0.134 e. The van der Waals surface area contributed by atoms with Gasteiger partial charge in [-0.3, -0.25) is 0 Å². The van der Waals surface area contributed by atoms with E-state index in [9.17, 15) is 0 Å². The molecule has 1 aromatic heterocycles. The maximum atomic E-state index is 5.58. The summed E-state index contributed by atoms with van der Waals surface area (Å²) >= 11 is 0. The number of ether oxygens (including phenoxy) is 1. The lowest BCUT2D eigenvalue weighted by Gasteiger charge is -2.30. The molecule has 136 valence electrons. The molecule has 0 N–H and O–H groups in total. The van der Waals surface area contributed by atoms with Crippen molar-refractivity contribution in [1.82, 2.24) is 4.90 Å². The van der Waals surface area contributed by atoms with E-state index in [-0.39, 0.29) is 0 Å². The highest BCUT2D eigenvalue weighted by molar-refractivity contribution is 5.77. The van der Waals surface area contributed by atoms with Gasteiger partial charge in [-0.15, -0.1) is 0 Å². The van der Waals surface area contributed by atoms with E-state index in [1.54, 1.807) is 13.4 Å². The number of benzene rings is 2. The van der Waals surface area contributed by atoms with E-state index in [1.165, 1.54) is 34.9 Å². The van der Waals surface area contributed by atoms with Crippen molar-refractivity contribution in [3.8, 4) is 5.75 Å². The van der Waals surface area contributed by atoms with Crippen molar-refractivity contribution < 1.29 is 9.15 Å². The zero-order chi connectivity index (χ0) is 17.9. The Balaban J connectivity index is 1.40. The Hall–Kier alpha value is -2.26. The van der Waals surface area contributed by atoms with Crippen molar-refractivity contribution in [2.75, 3.05) is 27.2 Å². The molecule has 1 aliphatic carbocycles. The number of hydrogen-bond donors (Lipinski definition) is 0. The summed E-state index contributed by atoms with van der Waals surface area (Å²) in [5.41, 5.74) is 5.23. The van der Waals surface area contributed by atoms with Crippen LogP contribution in [0, 0.1) is 0 Å². The molecule has 0 spiro atoms. The van der Waals surface area contributed by atoms with Gasteiger partial charge in [0.2, 0.25) is 0 Å². The van der Waals surface area contributed by atoms with Crippen molar-refractivity contribution in [1.29, 1.82) is 0 Å². The Morgan fingerprint density at radius 1 is 1.19 bits per heavy atom. The Labute approximate surface area is 155 Å². The molecule has 1 heterocycles. The molecule has 3 heteroatoms. The summed E-state index contributed by atoms with van der Waals surface area (Å²) in [6, 6.07) is 15.1. The number of methoxy groups -OCH3 is 1. The number of hydrogen-bond acceptors (Lipinski definition) is 3. The highest BCUT2D eigenvalue weighted by Gasteiger charge is 2.23. The number of nitrogens with zero attached hydrogens (tertiary/aromatic N) is 1. The van der Waals surface area contributed by atoms with E-state index in [2.05, 4.69) is 48.3 Å². The van der Waals surface area contributed by atoms with Gasteiger partial charge in [0.25, 0.3) is 0 Å². The van der Waals surface area contributed by atoms with Crippen LogP contribution in [0.3, 0.4) is 0 Å². The molecule has 0 bridgehead atoms. The molecule has 1 atom stereocenters. The summed E-state index contributed by atoms with van der Waals surface area (Å²) in [7, 11) is 4.01. The predicted molar refractivity (Wildman–Crippen MR) is 106 cm³/mol. The number of likely N-dealkylation sites (N-methyl/N-ethyl adjacent to an activating group) is 1. The van der Waals surface area contributed by atoms with Gasteiger partial charge in [-0.25, -0.2) is 0 Å². The van der Waals surface area contributed by atoms with Gasteiger partial charge < -0.3 is 14.1 Å². The maximum absolute atomic E-state index is 5.58. The molecule has 26 heavy (non-hydrogen) atoms. The molecule has 0 radical (unpaired) electrons. The lowest BCUT2D eigenvalue weighted by atomic mass is 9.82. The molecule has 1 aliphatic rings. The molecule has 0 aliphatic heterocycles. The Morgan fingerprint density at radius 2 is 2.12 bits per heavy atom. The topological polar surface area (TPSA) is 25.6 Å². The van der Waals surface area contributed by atoms with Crippen molar-refractivity contribution in [2.45, 2.75) is 31.6 Å². The van der Waals surface area contributed by atoms with Crippen molar-refractivity contribution in [2.24, 2.45) is 0 Å². The monoisotopic (exact) mass is 349 g/mol. The third-order valence-corrected chi connectivity index (χ3v) is 5.64. The number of furan rings is 1. The van der Waals surface area contributed by atoms with Gasteiger partial charge in [0.1, 0.15) is 11.3 Å². The summed E-state index contributed by atoms with van der Waals surface area (Å²) in [4.78, 5) is 2.46. The largest absolute Gasteiger partial charge is 0.496 e. The summed E-state index contributed by atoms with van der Waals surface area (Å²) in [5.74, 6) is 1.66. The molecule has 0 amide bonds. The fourth-order valence-corrected chi connectivity index (χ4v) is 4.24. The molecule has 3 aromatic rings. The van der Waals surface area contributed by atoms with Gasteiger partial charge in [0, 0.05) is 18.5 Å². The fraction of sp³-hybridized carbons (Fsp3) is 0.391. The van der Waals surface area contributed by atoms with Crippen LogP contribution in [0.4, 0.5) is 0 Å². The van der Waals surface area contributed by atoms with Crippen LogP contribution in [0.5, 0.6) is 5.75 Å². The first-order chi connectivity index (χ1) is 12.7. The van der Waals surface area contributed by atoms with E-state index >= 15 is 0 Å². The molecule has 0 saturated heterocycles. The van der Waals surface area contributed by atoms with Gasteiger partial charge in [0.05, 0.1) is 13.4 Å². The van der Waals surface area contributed by atoms with Crippen LogP contribution >= 0.6 is 0 Å². The highest BCUT2D eigenvalue weighted by Crippen LogP contribution is 2.36. The molecule has 0 fully saturated rings. The average Bonchev–Trinajstić information content (AvgIpc) is 3.14. The zero-order valence-corrected chi connectivity index (χ0v) is 15.7. The molecule has 3 nitrogen and oxygen atoms in total. The van der Waals surface area contributed by atoms with Crippen molar-refractivity contribution >= 4 is 11.0 Å². The normalized spacial score (nSPS) is 16.8. The summed E-state index contributed by atoms with van der Waals surface area (Å²) in [6.45, 7) is 2.16. The minimum absolute atomic E-state index is 0.603.